The van der Waals surface area contributed by atoms with E-state index in [0.29, 0.717) is 0 Å². The Kier molecular flexibility index (Phi) is 7.13. The predicted octanol–water partition coefficient (Wildman–Crippen LogP) is 16.1. The molecule has 0 atom stereocenters. The number of fused-ring (bicyclic) bond motifs is 10. The third kappa shape index (κ3) is 4.54. The van der Waals surface area contributed by atoms with Crippen LogP contribution >= 0.6 is 0 Å². The number of hydrogen-bond donors (Lipinski definition) is 0. The maximum absolute atomic E-state index is 2.58. The van der Waals surface area contributed by atoms with Gasteiger partial charge in [0.05, 0.1) is 16.4 Å². The van der Waals surface area contributed by atoms with Crippen LogP contribution in [0.2, 0.25) is 0 Å². The van der Waals surface area contributed by atoms with Crippen LogP contribution in [-0.2, 0) is 10.8 Å². The molecule has 1 aromatic heterocycles. The molecule has 1 spiro atoms. The molecule has 0 aliphatic heterocycles. The minimum absolute atomic E-state index is 0.0714. The van der Waals surface area contributed by atoms with Crippen molar-refractivity contribution in [1.82, 2.24) is 4.57 Å². The molecule has 2 nitrogen and oxygen atoms in total. The highest BCUT2D eigenvalue weighted by atomic mass is 15.1. The molecule has 64 heavy (non-hydrogen) atoms. The van der Waals surface area contributed by atoms with Crippen LogP contribution in [0, 0.1) is 0 Å². The fourth-order valence-corrected chi connectivity index (χ4v) is 12.3. The number of hydrogen-bond acceptors (Lipinski definition) is 1. The zero-order valence-corrected chi connectivity index (χ0v) is 35.7. The summed E-state index contributed by atoms with van der Waals surface area (Å²) in [6.07, 6.45) is 0. The highest BCUT2D eigenvalue weighted by Gasteiger charge is 2.50. The Bertz CT molecular complexity index is 3660. The molecule has 10 aromatic carbocycles. The first-order valence-corrected chi connectivity index (χ1v) is 22.5. The van der Waals surface area contributed by atoms with Crippen LogP contribution in [0.3, 0.4) is 0 Å². The van der Waals surface area contributed by atoms with Gasteiger partial charge in [0.2, 0.25) is 0 Å². The molecule has 300 valence electrons. The van der Waals surface area contributed by atoms with E-state index in [1.54, 1.807) is 0 Å². The van der Waals surface area contributed by atoms with Crippen LogP contribution in [0.1, 0.15) is 47.2 Å². The minimum atomic E-state index is -0.521. The van der Waals surface area contributed by atoms with Gasteiger partial charge in [-0.25, -0.2) is 0 Å². The molecule has 0 radical (unpaired) electrons. The van der Waals surface area contributed by atoms with E-state index in [9.17, 15) is 0 Å². The van der Waals surface area contributed by atoms with Crippen LogP contribution < -0.4 is 4.90 Å². The molecule has 0 N–H and O–H groups in total. The van der Waals surface area contributed by atoms with Gasteiger partial charge in [-0.2, -0.15) is 0 Å². The number of para-hydroxylation sites is 2. The van der Waals surface area contributed by atoms with E-state index in [4.69, 9.17) is 0 Å². The van der Waals surface area contributed by atoms with Crippen molar-refractivity contribution in [1.29, 1.82) is 0 Å². The van der Waals surface area contributed by atoms with Crippen molar-refractivity contribution in [2.24, 2.45) is 0 Å². The van der Waals surface area contributed by atoms with E-state index in [2.05, 4.69) is 242 Å². The second-order valence-electron chi connectivity index (χ2n) is 18.4. The first-order valence-electron chi connectivity index (χ1n) is 22.5. The number of aromatic nitrogens is 1. The number of benzene rings is 10. The summed E-state index contributed by atoms with van der Waals surface area (Å²) >= 11 is 0. The quantitative estimate of drug-likeness (QED) is 0.168. The van der Waals surface area contributed by atoms with Crippen LogP contribution in [0.4, 0.5) is 17.1 Å². The lowest BCUT2D eigenvalue weighted by molar-refractivity contribution is 0.660. The second kappa shape index (κ2) is 12.8. The van der Waals surface area contributed by atoms with Gasteiger partial charge in [-0.1, -0.05) is 166 Å². The number of nitrogens with zero attached hydrogens (tertiary/aromatic N) is 2. The molecule has 0 saturated heterocycles. The third-order valence-electron chi connectivity index (χ3n) is 14.9. The predicted molar refractivity (Wildman–Crippen MR) is 267 cm³/mol. The van der Waals surface area contributed by atoms with E-state index < -0.39 is 5.41 Å². The summed E-state index contributed by atoms with van der Waals surface area (Å²) in [5.74, 6) is 0. The summed E-state index contributed by atoms with van der Waals surface area (Å²) in [5, 5.41) is 5.32. The molecule has 2 heteroatoms. The standard InChI is InChI=1S/C62H42N2/c1-61(2)50-24-12-9-23-48(50)49-38-45(33-34-51(49)61)64-56-35-30-40-16-15-27-54-58(40)60(56)59-55(62(54)52-25-13-10-21-46(52)47-22-11-14-26-53(47)62)36-41(37-57(59)64)39-28-31-44(32-29-39)63(42-17-5-3-6-18-42)43-19-7-4-8-20-43/h3-38H,1-2H3. The summed E-state index contributed by atoms with van der Waals surface area (Å²) < 4.78 is 2.58. The molecule has 0 amide bonds. The molecular weight excluding hydrogens is 773 g/mol. The van der Waals surface area contributed by atoms with Crippen LogP contribution in [0.25, 0.3) is 71.6 Å². The Balaban J connectivity index is 1.08. The molecule has 0 bridgehead atoms. The molecular formula is C62H42N2. The lowest BCUT2D eigenvalue weighted by atomic mass is 9.63. The molecule has 3 aliphatic carbocycles. The Morgan fingerprint density at radius 3 is 1.58 bits per heavy atom. The Morgan fingerprint density at radius 1 is 0.344 bits per heavy atom. The number of rotatable bonds is 5. The molecule has 0 fully saturated rings. The summed E-state index contributed by atoms with van der Waals surface area (Å²) in [6.45, 7) is 4.74. The zero-order valence-electron chi connectivity index (χ0n) is 35.7. The lowest BCUT2D eigenvalue weighted by Gasteiger charge is -2.38. The van der Waals surface area contributed by atoms with E-state index in [-0.39, 0.29) is 5.41 Å². The first-order chi connectivity index (χ1) is 31.5. The van der Waals surface area contributed by atoms with E-state index in [0.717, 1.165) is 17.1 Å². The summed E-state index contributed by atoms with van der Waals surface area (Å²) in [7, 11) is 0. The smallest absolute Gasteiger partial charge is 0.0726 e. The Labute approximate surface area is 372 Å². The molecule has 14 rings (SSSR count). The SMILES string of the molecule is CC1(C)c2ccccc2-c2cc(-n3c4cc(-c5ccc(N(c6ccccc6)c6ccccc6)cc5)cc5c4c4c6c(cccc6ccc43)C53c4ccccc4-c4ccccc43)ccc21. The van der Waals surface area contributed by atoms with Gasteiger partial charge in [-0.3, -0.25) is 0 Å². The molecule has 0 saturated carbocycles. The molecule has 11 aromatic rings. The minimum Gasteiger partial charge on any atom is -0.311 e. The van der Waals surface area contributed by atoms with Crippen molar-refractivity contribution in [2.75, 3.05) is 4.90 Å². The van der Waals surface area contributed by atoms with Crippen molar-refractivity contribution in [3.63, 3.8) is 0 Å². The van der Waals surface area contributed by atoms with Crippen molar-refractivity contribution in [3.05, 3.63) is 252 Å². The topological polar surface area (TPSA) is 8.17 Å². The van der Waals surface area contributed by atoms with E-state index in [1.807, 2.05) is 0 Å². The highest BCUT2D eigenvalue weighted by Crippen LogP contribution is 2.63. The first kappa shape index (κ1) is 35.6. The van der Waals surface area contributed by atoms with Crippen LogP contribution in [0.15, 0.2) is 218 Å². The van der Waals surface area contributed by atoms with Gasteiger partial charge >= 0.3 is 0 Å². The van der Waals surface area contributed by atoms with Crippen molar-refractivity contribution in [2.45, 2.75) is 24.7 Å². The lowest BCUT2D eigenvalue weighted by Crippen LogP contribution is -2.30. The third-order valence-corrected chi connectivity index (χ3v) is 14.9. The molecule has 0 unspecified atom stereocenters. The van der Waals surface area contributed by atoms with Crippen LogP contribution in [-0.4, -0.2) is 4.57 Å². The monoisotopic (exact) mass is 814 g/mol. The van der Waals surface area contributed by atoms with E-state index >= 15 is 0 Å². The maximum atomic E-state index is 2.58. The maximum Gasteiger partial charge on any atom is 0.0726 e. The fraction of sp³-hybridized carbons (Fsp3) is 0.0645. The fourth-order valence-electron chi connectivity index (χ4n) is 12.3. The average Bonchev–Trinajstić information content (AvgIpc) is 3.93. The Hall–Kier alpha value is -7.94. The van der Waals surface area contributed by atoms with Gasteiger partial charge in [0.25, 0.3) is 0 Å². The van der Waals surface area contributed by atoms with Gasteiger partial charge < -0.3 is 9.47 Å². The normalized spacial score (nSPS) is 14.3. The highest BCUT2D eigenvalue weighted by molar-refractivity contribution is 6.27. The van der Waals surface area contributed by atoms with Crippen molar-refractivity contribution in [3.8, 4) is 39.1 Å². The van der Waals surface area contributed by atoms with Gasteiger partial charge in [0.15, 0.2) is 0 Å². The second-order valence-corrected chi connectivity index (χ2v) is 18.4. The van der Waals surface area contributed by atoms with Crippen molar-refractivity contribution >= 4 is 49.6 Å². The van der Waals surface area contributed by atoms with Crippen molar-refractivity contribution < 1.29 is 0 Å². The zero-order chi connectivity index (χ0) is 42.3. The number of anilines is 3. The average molecular weight is 815 g/mol. The Morgan fingerprint density at radius 2 is 0.906 bits per heavy atom. The molecule has 3 aliphatic rings. The summed E-state index contributed by atoms with van der Waals surface area (Å²) in [5.41, 5.74) is 22.3. The van der Waals surface area contributed by atoms with E-state index in [1.165, 1.54) is 105 Å². The summed E-state index contributed by atoms with van der Waals surface area (Å²) in [6, 6.07) is 81.9. The summed E-state index contributed by atoms with van der Waals surface area (Å²) in [4.78, 5) is 2.34. The molecule has 1 heterocycles. The largest absolute Gasteiger partial charge is 0.311 e. The van der Waals surface area contributed by atoms with Gasteiger partial charge in [-0.15, -0.1) is 0 Å². The van der Waals surface area contributed by atoms with Gasteiger partial charge in [0.1, 0.15) is 0 Å². The van der Waals surface area contributed by atoms with Gasteiger partial charge in [-0.05, 0) is 144 Å². The van der Waals surface area contributed by atoms with Gasteiger partial charge in [0, 0.05) is 38.9 Å². The van der Waals surface area contributed by atoms with Crippen LogP contribution in [0.5, 0.6) is 0 Å².